The number of fused-ring (bicyclic) bond motifs is 1. The second-order valence-corrected chi connectivity index (χ2v) is 8.35. The van der Waals surface area contributed by atoms with E-state index in [0.29, 0.717) is 6.42 Å². The summed E-state index contributed by atoms with van der Waals surface area (Å²) >= 11 is 1.76. The molecule has 0 radical (unpaired) electrons. The molecule has 3 aromatic rings. The van der Waals surface area contributed by atoms with Gasteiger partial charge in [-0.25, -0.2) is 0 Å². The Morgan fingerprint density at radius 2 is 2.00 bits per heavy atom. The number of methoxy groups -OCH3 is 1. The van der Waals surface area contributed by atoms with E-state index < -0.39 is 18.3 Å². The van der Waals surface area contributed by atoms with Crippen LogP contribution in [-0.4, -0.2) is 47.3 Å². The quantitative estimate of drug-likeness (QED) is 0.614. The number of hydrogen-bond donors (Lipinski definition) is 3. The summed E-state index contributed by atoms with van der Waals surface area (Å²) in [7, 11) is 1.67. The topological polar surface area (TPSA) is 79.2 Å². The highest BCUT2D eigenvalue weighted by molar-refractivity contribution is 7.19. The fourth-order valence-corrected chi connectivity index (χ4v) is 4.79. The van der Waals surface area contributed by atoms with Crippen LogP contribution >= 0.6 is 11.3 Å². The molecular formula is C22H24O5S. The van der Waals surface area contributed by atoms with E-state index in [2.05, 4.69) is 24.3 Å². The zero-order valence-electron chi connectivity index (χ0n) is 15.6. The molecule has 1 aliphatic rings. The largest absolute Gasteiger partial charge is 0.497 e. The summed E-state index contributed by atoms with van der Waals surface area (Å²) in [5.74, 6) is 0.854. The van der Waals surface area contributed by atoms with E-state index in [1.54, 1.807) is 18.4 Å². The molecule has 0 amide bonds. The van der Waals surface area contributed by atoms with Gasteiger partial charge in [0.05, 0.1) is 25.9 Å². The minimum Gasteiger partial charge on any atom is -0.497 e. The molecule has 4 rings (SSSR count). The van der Waals surface area contributed by atoms with Crippen molar-refractivity contribution < 1.29 is 24.8 Å². The van der Waals surface area contributed by atoms with E-state index in [-0.39, 0.29) is 12.7 Å². The maximum atomic E-state index is 10.1. The van der Waals surface area contributed by atoms with Crippen LogP contribution in [0.15, 0.2) is 48.5 Å². The number of benzene rings is 2. The van der Waals surface area contributed by atoms with Crippen LogP contribution < -0.4 is 4.74 Å². The molecule has 1 fully saturated rings. The number of aliphatic hydroxyl groups excluding tert-OH is 3. The Morgan fingerprint density at radius 1 is 1.14 bits per heavy atom. The first-order valence-electron chi connectivity index (χ1n) is 9.35. The summed E-state index contributed by atoms with van der Waals surface area (Å²) in [5, 5.41) is 30.6. The van der Waals surface area contributed by atoms with E-state index in [1.807, 2.05) is 24.3 Å². The summed E-state index contributed by atoms with van der Waals surface area (Å²) in [4.78, 5) is 1.26. The Bertz CT molecular complexity index is 953. The first-order valence-corrected chi connectivity index (χ1v) is 10.2. The Kier molecular flexibility index (Phi) is 5.66. The normalized spacial score (nSPS) is 25.1. The van der Waals surface area contributed by atoms with Crippen LogP contribution in [0.2, 0.25) is 0 Å². The number of ether oxygens (including phenoxy) is 2. The molecule has 1 aromatic heterocycles. The van der Waals surface area contributed by atoms with Gasteiger partial charge < -0.3 is 24.8 Å². The molecule has 1 aliphatic heterocycles. The van der Waals surface area contributed by atoms with Crippen molar-refractivity contribution in [3.05, 3.63) is 64.5 Å². The highest BCUT2D eigenvalue weighted by Gasteiger charge is 2.36. The van der Waals surface area contributed by atoms with Gasteiger partial charge in [-0.3, -0.25) is 0 Å². The van der Waals surface area contributed by atoms with Crippen LogP contribution in [0.3, 0.4) is 0 Å². The van der Waals surface area contributed by atoms with E-state index in [1.165, 1.54) is 15.0 Å². The van der Waals surface area contributed by atoms with E-state index in [9.17, 15) is 15.3 Å². The van der Waals surface area contributed by atoms with Gasteiger partial charge in [0.25, 0.3) is 0 Å². The van der Waals surface area contributed by atoms with Crippen molar-refractivity contribution in [2.24, 2.45) is 0 Å². The van der Waals surface area contributed by atoms with E-state index in [0.717, 1.165) is 23.3 Å². The van der Waals surface area contributed by atoms with Gasteiger partial charge in [0, 0.05) is 22.4 Å². The SMILES string of the molecule is COc1ccc2sc(Cc3cccc(C4CC(O)[C@H](O)C(CO)O4)c3)cc2c1. The second kappa shape index (κ2) is 8.19. The number of hydrogen-bond acceptors (Lipinski definition) is 6. The molecule has 0 aliphatic carbocycles. The van der Waals surface area contributed by atoms with Crippen LogP contribution in [0.25, 0.3) is 10.1 Å². The third-order valence-electron chi connectivity index (χ3n) is 5.23. The minimum atomic E-state index is -1.06. The van der Waals surface area contributed by atoms with Gasteiger partial charge in [0.15, 0.2) is 0 Å². The highest BCUT2D eigenvalue weighted by atomic mass is 32.1. The van der Waals surface area contributed by atoms with Crippen molar-refractivity contribution in [1.82, 2.24) is 0 Å². The van der Waals surface area contributed by atoms with Crippen molar-refractivity contribution in [3.8, 4) is 5.75 Å². The predicted molar refractivity (Wildman–Crippen MR) is 109 cm³/mol. The van der Waals surface area contributed by atoms with E-state index in [4.69, 9.17) is 9.47 Å². The zero-order valence-corrected chi connectivity index (χ0v) is 16.4. The van der Waals surface area contributed by atoms with Crippen LogP contribution in [0.4, 0.5) is 0 Å². The Labute approximate surface area is 167 Å². The fraction of sp³-hybridized carbons (Fsp3) is 0.364. The molecule has 0 spiro atoms. The minimum absolute atomic E-state index is 0.309. The predicted octanol–water partition coefficient (Wildman–Crippen LogP) is 3.04. The summed E-state index contributed by atoms with van der Waals surface area (Å²) in [6.07, 6.45) is -1.96. The van der Waals surface area contributed by atoms with Gasteiger partial charge in [0.1, 0.15) is 18.0 Å². The molecule has 6 heteroatoms. The lowest BCUT2D eigenvalue weighted by Gasteiger charge is -2.36. The molecule has 3 N–H and O–H groups in total. The van der Waals surface area contributed by atoms with Crippen LogP contribution in [0, 0.1) is 0 Å². The summed E-state index contributed by atoms with van der Waals surface area (Å²) in [6.45, 7) is -0.320. The van der Waals surface area contributed by atoms with Crippen LogP contribution in [0.5, 0.6) is 5.75 Å². The first kappa shape index (κ1) is 19.4. The van der Waals surface area contributed by atoms with Gasteiger partial charge in [-0.2, -0.15) is 0 Å². The molecule has 2 heterocycles. The average molecular weight is 400 g/mol. The van der Waals surface area contributed by atoms with Gasteiger partial charge in [0.2, 0.25) is 0 Å². The molecule has 5 nitrogen and oxygen atoms in total. The van der Waals surface area contributed by atoms with Gasteiger partial charge in [-0.05, 0) is 40.8 Å². The molecule has 28 heavy (non-hydrogen) atoms. The molecule has 0 saturated carbocycles. The van der Waals surface area contributed by atoms with Crippen molar-refractivity contribution >= 4 is 21.4 Å². The Hall–Kier alpha value is -1.96. The number of thiophene rings is 1. The Balaban J connectivity index is 1.54. The summed E-state index contributed by atoms with van der Waals surface area (Å²) < 4.78 is 12.3. The monoisotopic (exact) mass is 400 g/mol. The van der Waals surface area contributed by atoms with Crippen LogP contribution in [0.1, 0.15) is 28.5 Å². The number of rotatable bonds is 5. The number of aliphatic hydroxyl groups is 3. The van der Waals surface area contributed by atoms with Crippen molar-refractivity contribution in [1.29, 1.82) is 0 Å². The highest BCUT2D eigenvalue weighted by Crippen LogP contribution is 2.34. The first-order chi connectivity index (χ1) is 13.6. The lowest BCUT2D eigenvalue weighted by atomic mass is 9.93. The lowest BCUT2D eigenvalue weighted by Crippen LogP contribution is -2.47. The Morgan fingerprint density at radius 3 is 2.79 bits per heavy atom. The molecule has 0 bridgehead atoms. The fourth-order valence-electron chi connectivity index (χ4n) is 3.71. The zero-order chi connectivity index (χ0) is 19.7. The molecule has 3 unspecified atom stereocenters. The molecule has 148 valence electrons. The van der Waals surface area contributed by atoms with Gasteiger partial charge in [-0.1, -0.05) is 24.3 Å². The summed E-state index contributed by atoms with van der Waals surface area (Å²) in [6, 6.07) is 16.4. The third-order valence-corrected chi connectivity index (χ3v) is 6.34. The molecule has 1 saturated heterocycles. The maximum absolute atomic E-state index is 10.1. The van der Waals surface area contributed by atoms with Gasteiger partial charge >= 0.3 is 0 Å². The molecule has 4 atom stereocenters. The third kappa shape index (κ3) is 3.92. The van der Waals surface area contributed by atoms with Crippen molar-refractivity contribution in [2.45, 2.75) is 37.3 Å². The second-order valence-electron chi connectivity index (χ2n) is 7.18. The van der Waals surface area contributed by atoms with E-state index >= 15 is 0 Å². The smallest absolute Gasteiger partial charge is 0.119 e. The average Bonchev–Trinajstić information content (AvgIpc) is 3.11. The summed E-state index contributed by atoms with van der Waals surface area (Å²) in [5.41, 5.74) is 2.10. The van der Waals surface area contributed by atoms with Gasteiger partial charge in [-0.15, -0.1) is 11.3 Å². The lowest BCUT2D eigenvalue weighted by molar-refractivity contribution is -0.181. The molecular weight excluding hydrogens is 376 g/mol. The van der Waals surface area contributed by atoms with Crippen molar-refractivity contribution in [2.75, 3.05) is 13.7 Å². The standard InChI is InChI=1S/C22H24O5S/c1-26-16-5-6-21-15(9-16)10-17(28-21)8-13-3-2-4-14(7-13)19-11-18(24)22(25)20(12-23)27-19/h2-7,9-10,18-20,22-25H,8,11-12H2,1H3/t18?,19?,20?,22-/m0/s1. The molecule has 2 aromatic carbocycles. The van der Waals surface area contributed by atoms with Crippen molar-refractivity contribution in [3.63, 3.8) is 0 Å². The maximum Gasteiger partial charge on any atom is 0.119 e. The van der Waals surface area contributed by atoms with Crippen LogP contribution in [-0.2, 0) is 11.2 Å².